The molecule has 0 bridgehead atoms. The van der Waals surface area contributed by atoms with Gasteiger partial charge in [-0.05, 0) is 32.0 Å². The van der Waals surface area contributed by atoms with Crippen molar-refractivity contribution in [2.45, 2.75) is 19.4 Å². The average Bonchev–Trinajstić information content (AvgIpc) is 2.38. The van der Waals surface area contributed by atoms with Crippen LogP contribution in [0.15, 0.2) is 30.4 Å². The molecule has 1 atom stereocenters. The van der Waals surface area contributed by atoms with Gasteiger partial charge in [0.2, 0.25) is 0 Å². The van der Waals surface area contributed by atoms with Gasteiger partial charge in [0.1, 0.15) is 12.7 Å². The van der Waals surface area contributed by atoms with E-state index in [9.17, 15) is 5.11 Å². The van der Waals surface area contributed by atoms with E-state index in [0.29, 0.717) is 22.3 Å². The number of nitrogens with one attached hydrogen (secondary N) is 1. The van der Waals surface area contributed by atoms with Crippen molar-refractivity contribution in [3.8, 4) is 5.75 Å². The SMILES string of the molecule is C/C=C/CCNCC(O)COc1c(Cl)cccc1Cl. The van der Waals surface area contributed by atoms with E-state index in [1.807, 2.05) is 13.0 Å². The lowest BCUT2D eigenvalue weighted by molar-refractivity contribution is 0.107. The molecule has 0 fully saturated rings. The molecular formula is C14H19Cl2NO2. The molecule has 1 rings (SSSR count). The number of halogens is 2. The van der Waals surface area contributed by atoms with Gasteiger partial charge in [0.25, 0.3) is 0 Å². The molecule has 1 unspecified atom stereocenters. The Labute approximate surface area is 124 Å². The van der Waals surface area contributed by atoms with E-state index in [-0.39, 0.29) is 6.61 Å². The minimum absolute atomic E-state index is 0.153. The van der Waals surface area contributed by atoms with E-state index < -0.39 is 6.10 Å². The zero-order valence-electron chi connectivity index (χ0n) is 10.9. The van der Waals surface area contributed by atoms with Crippen LogP contribution < -0.4 is 10.1 Å². The summed E-state index contributed by atoms with van der Waals surface area (Å²) in [5, 5.41) is 13.8. The normalized spacial score (nSPS) is 12.8. The Kier molecular flexibility index (Phi) is 7.91. The molecule has 106 valence electrons. The highest BCUT2D eigenvalue weighted by Crippen LogP contribution is 2.32. The van der Waals surface area contributed by atoms with E-state index in [4.69, 9.17) is 27.9 Å². The Hall–Kier alpha value is -0.740. The largest absolute Gasteiger partial charge is 0.488 e. The minimum Gasteiger partial charge on any atom is -0.488 e. The highest BCUT2D eigenvalue weighted by molar-refractivity contribution is 6.37. The smallest absolute Gasteiger partial charge is 0.156 e. The molecular weight excluding hydrogens is 285 g/mol. The number of aliphatic hydroxyl groups excluding tert-OH is 1. The monoisotopic (exact) mass is 303 g/mol. The lowest BCUT2D eigenvalue weighted by Gasteiger charge is -2.14. The van der Waals surface area contributed by atoms with Gasteiger partial charge in [-0.25, -0.2) is 0 Å². The molecule has 0 saturated carbocycles. The molecule has 5 heteroatoms. The summed E-state index contributed by atoms with van der Waals surface area (Å²) in [5.74, 6) is 0.416. The summed E-state index contributed by atoms with van der Waals surface area (Å²) < 4.78 is 5.44. The molecule has 0 aliphatic rings. The Bertz CT molecular complexity index is 390. The summed E-state index contributed by atoms with van der Waals surface area (Å²) in [6, 6.07) is 5.14. The standard InChI is InChI=1S/C14H19Cl2NO2/c1-2-3-4-8-17-9-11(18)10-19-14-12(15)6-5-7-13(14)16/h2-3,5-7,11,17-18H,4,8-10H2,1H3/b3-2+. The van der Waals surface area contributed by atoms with Gasteiger partial charge in [-0.3, -0.25) is 0 Å². The average molecular weight is 304 g/mol. The topological polar surface area (TPSA) is 41.5 Å². The fourth-order valence-corrected chi connectivity index (χ4v) is 1.99. The third-order valence-electron chi connectivity index (χ3n) is 2.44. The number of para-hydroxylation sites is 1. The Balaban J connectivity index is 2.28. The Morgan fingerprint density at radius 3 is 2.68 bits per heavy atom. The summed E-state index contributed by atoms with van der Waals surface area (Å²) >= 11 is 11.9. The van der Waals surface area contributed by atoms with Gasteiger partial charge >= 0.3 is 0 Å². The van der Waals surface area contributed by atoms with Crippen LogP contribution in [0.2, 0.25) is 10.0 Å². The number of hydrogen-bond donors (Lipinski definition) is 2. The first kappa shape index (κ1) is 16.3. The van der Waals surface area contributed by atoms with Gasteiger partial charge < -0.3 is 15.2 Å². The quantitative estimate of drug-likeness (QED) is 0.572. The molecule has 0 aliphatic carbocycles. The van der Waals surface area contributed by atoms with E-state index in [0.717, 1.165) is 13.0 Å². The van der Waals surface area contributed by atoms with Crippen molar-refractivity contribution in [3.05, 3.63) is 40.4 Å². The number of benzene rings is 1. The first-order chi connectivity index (χ1) is 9.15. The van der Waals surface area contributed by atoms with Crippen LogP contribution in [0.25, 0.3) is 0 Å². The molecule has 1 aromatic carbocycles. The van der Waals surface area contributed by atoms with Crippen LogP contribution >= 0.6 is 23.2 Å². The van der Waals surface area contributed by atoms with Gasteiger partial charge in [-0.2, -0.15) is 0 Å². The van der Waals surface area contributed by atoms with Crippen molar-refractivity contribution in [2.75, 3.05) is 19.7 Å². The first-order valence-electron chi connectivity index (χ1n) is 6.22. The van der Waals surface area contributed by atoms with E-state index in [1.54, 1.807) is 18.2 Å². The predicted molar refractivity (Wildman–Crippen MR) is 80.3 cm³/mol. The van der Waals surface area contributed by atoms with Crippen LogP contribution in [0.1, 0.15) is 13.3 Å². The highest BCUT2D eigenvalue weighted by atomic mass is 35.5. The number of rotatable bonds is 8. The summed E-state index contributed by atoms with van der Waals surface area (Å²) in [4.78, 5) is 0. The second-order valence-electron chi connectivity index (χ2n) is 4.08. The molecule has 1 aromatic rings. The summed E-state index contributed by atoms with van der Waals surface area (Å²) in [6.45, 7) is 3.43. The number of ether oxygens (including phenoxy) is 1. The van der Waals surface area contributed by atoms with Gasteiger partial charge in [0, 0.05) is 6.54 Å². The van der Waals surface area contributed by atoms with Crippen LogP contribution in [-0.4, -0.2) is 30.9 Å². The maximum Gasteiger partial charge on any atom is 0.156 e. The summed E-state index contributed by atoms with van der Waals surface area (Å²) in [6.07, 6.45) is 4.42. The van der Waals surface area contributed by atoms with Gasteiger partial charge in [-0.15, -0.1) is 0 Å². The van der Waals surface area contributed by atoms with Crippen LogP contribution in [0.3, 0.4) is 0 Å². The Morgan fingerprint density at radius 1 is 1.37 bits per heavy atom. The fraction of sp³-hybridized carbons (Fsp3) is 0.429. The highest BCUT2D eigenvalue weighted by Gasteiger charge is 2.09. The zero-order valence-corrected chi connectivity index (χ0v) is 12.4. The molecule has 0 heterocycles. The van der Waals surface area contributed by atoms with Crippen LogP contribution in [0.5, 0.6) is 5.75 Å². The lowest BCUT2D eigenvalue weighted by Crippen LogP contribution is -2.31. The Morgan fingerprint density at radius 2 is 2.05 bits per heavy atom. The van der Waals surface area contributed by atoms with E-state index in [1.165, 1.54) is 0 Å². The first-order valence-corrected chi connectivity index (χ1v) is 6.97. The molecule has 0 aliphatic heterocycles. The van der Waals surface area contributed by atoms with Crippen molar-refractivity contribution in [3.63, 3.8) is 0 Å². The minimum atomic E-state index is -0.599. The number of aliphatic hydroxyl groups is 1. The van der Waals surface area contributed by atoms with Crippen molar-refractivity contribution in [2.24, 2.45) is 0 Å². The van der Waals surface area contributed by atoms with Gasteiger partial charge in [0.15, 0.2) is 5.75 Å². The molecule has 0 radical (unpaired) electrons. The van der Waals surface area contributed by atoms with Crippen molar-refractivity contribution in [1.82, 2.24) is 5.32 Å². The molecule has 2 N–H and O–H groups in total. The van der Waals surface area contributed by atoms with Crippen LogP contribution in [0, 0.1) is 0 Å². The second kappa shape index (κ2) is 9.21. The van der Waals surface area contributed by atoms with Gasteiger partial charge in [0.05, 0.1) is 10.0 Å². The van der Waals surface area contributed by atoms with Crippen molar-refractivity contribution >= 4 is 23.2 Å². The summed E-state index contributed by atoms with van der Waals surface area (Å²) in [5.41, 5.74) is 0. The predicted octanol–water partition coefficient (Wildman–Crippen LogP) is 3.29. The molecule has 19 heavy (non-hydrogen) atoms. The summed E-state index contributed by atoms with van der Waals surface area (Å²) in [7, 11) is 0. The van der Waals surface area contributed by atoms with Crippen molar-refractivity contribution in [1.29, 1.82) is 0 Å². The number of hydrogen-bond acceptors (Lipinski definition) is 3. The van der Waals surface area contributed by atoms with Crippen LogP contribution in [-0.2, 0) is 0 Å². The van der Waals surface area contributed by atoms with Crippen LogP contribution in [0.4, 0.5) is 0 Å². The molecule has 3 nitrogen and oxygen atoms in total. The maximum atomic E-state index is 9.76. The number of allylic oxidation sites excluding steroid dienone is 1. The van der Waals surface area contributed by atoms with Crippen molar-refractivity contribution < 1.29 is 9.84 Å². The molecule has 0 saturated heterocycles. The molecule has 0 aromatic heterocycles. The second-order valence-corrected chi connectivity index (χ2v) is 4.89. The lowest BCUT2D eigenvalue weighted by atomic mass is 10.3. The fourth-order valence-electron chi connectivity index (χ4n) is 1.48. The van der Waals surface area contributed by atoms with E-state index >= 15 is 0 Å². The third kappa shape index (κ3) is 6.30. The zero-order chi connectivity index (χ0) is 14.1. The molecule has 0 spiro atoms. The van der Waals surface area contributed by atoms with E-state index in [2.05, 4.69) is 11.4 Å². The third-order valence-corrected chi connectivity index (χ3v) is 3.04. The maximum absolute atomic E-state index is 9.76. The van der Waals surface area contributed by atoms with Gasteiger partial charge in [-0.1, -0.05) is 41.4 Å². The molecule has 0 amide bonds.